The quantitative estimate of drug-likeness (QED) is 0.260. The highest BCUT2D eigenvalue weighted by Gasteiger charge is 2.59. The van der Waals surface area contributed by atoms with Crippen LogP contribution in [0.15, 0.2) is 0 Å². The maximum atomic E-state index is 11.9. The zero-order valence-electron chi connectivity index (χ0n) is 7.23. The van der Waals surface area contributed by atoms with Crippen LogP contribution in [0.25, 0.3) is 0 Å². The molecule has 0 aromatic carbocycles. The average Bonchev–Trinajstić information content (AvgIpc) is 1.98. The van der Waals surface area contributed by atoms with Gasteiger partial charge in [0.2, 0.25) is 0 Å². The number of hydrogen-bond acceptors (Lipinski definition) is 4. The van der Waals surface area contributed by atoms with Crippen LogP contribution in [0.4, 0.5) is 30.7 Å². The molecular formula is C5H5F7O4. The van der Waals surface area contributed by atoms with Gasteiger partial charge >= 0.3 is 18.4 Å². The fraction of sp³-hybridized carbons (Fsp3) is 1.00. The fourth-order valence-electron chi connectivity index (χ4n) is 0.326. The molecule has 0 rings (SSSR count). The molecule has 0 radical (unpaired) electrons. The van der Waals surface area contributed by atoms with Crippen LogP contribution in [0.2, 0.25) is 0 Å². The smallest absolute Gasteiger partial charge is 0.334 e. The highest BCUT2D eigenvalue weighted by molar-refractivity contribution is 4.62. The second-order valence-electron chi connectivity index (χ2n) is 2.32. The number of ether oxygens (including phenoxy) is 1. The lowest BCUT2D eigenvalue weighted by Gasteiger charge is -2.18. The van der Waals surface area contributed by atoms with Crippen LogP contribution >= 0.6 is 0 Å². The third-order valence-electron chi connectivity index (χ3n) is 0.934. The summed E-state index contributed by atoms with van der Waals surface area (Å²) in [6.45, 7) is -3.49. The summed E-state index contributed by atoms with van der Waals surface area (Å²) in [6, 6.07) is 0. The summed E-state index contributed by atoms with van der Waals surface area (Å²) in [4.78, 5) is 6.78. The van der Waals surface area contributed by atoms with Gasteiger partial charge in [0.25, 0.3) is 0 Å². The number of aliphatic hydroxyl groups is 1. The third-order valence-corrected chi connectivity index (χ3v) is 0.934. The SMILES string of the molecule is OC(F)(F)COOCOC(F)(F)C(F)(F)F. The van der Waals surface area contributed by atoms with Crippen LogP contribution in [0.1, 0.15) is 0 Å². The third kappa shape index (κ3) is 6.05. The molecule has 4 nitrogen and oxygen atoms in total. The van der Waals surface area contributed by atoms with Gasteiger partial charge in [0.05, 0.1) is 0 Å². The molecule has 16 heavy (non-hydrogen) atoms. The number of hydrogen-bond donors (Lipinski definition) is 1. The first-order valence-electron chi connectivity index (χ1n) is 3.39. The molecular weight excluding hydrogens is 257 g/mol. The van der Waals surface area contributed by atoms with Gasteiger partial charge in [-0.15, -0.1) is 0 Å². The summed E-state index contributed by atoms with van der Waals surface area (Å²) < 4.78 is 84.0. The molecule has 1 N–H and O–H groups in total. The molecule has 0 heterocycles. The van der Waals surface area contributed by atoms with Gasteiger partial charge < -0.3 is 5.11 Å². The van der Waals surface area contributed by atoms with E-state index in [0.717, 1.165) is 0 Å². The number of rotatable bonds is 6. The van der Waals surface area contributed by atoms with E-state index in [2.05, 4.69) is 14.5 Å². The van der Waals surface area contributed by atoms with Gasteiger partial charge in [0.1, 0.15) is 0 Å². The molecule has 0 aliphatic heterocycles. The van der Waals surface area contributed by atoms with E-state index in [1.807, 2.05) is 0 Å². The van der Waals surface area contributed by atoms with Gasteiger partial charge in [-0.2, -0.15) is 30.7 Å². The Morgan fingerprint density at radius 1 is 0.875 bits per heavy atom. The zero-order chi connectivity index (χ0) is 13.0. The Balaban J connectivity index is 3.75. The summed E-state index contributed by atoms with van der Waals surface area (Å²) in [7, 11) is 0. The van der Waals surface area contributed by atoms with Crippen LogP contribution in [-0.2, 0) is 14.5 Å². The second kappa shape index (κ2) is 5.12. The highest BCUT2D eigenvalue weighted by atomic mass is 19.4. The van der Waals surface area contributed by atoms with Crippen molar-refractivity contribution in [2.24, 2.45) is 0 Å². The molecule has 0 aliphatic carbocycles. The Morgan fingerprint density at radius 2 is 1.38 bits per heavy atom. The van der Waals surface area contributed by atoms with Gasteiger partial charge in [-0.05, 0) is 0 Å². The molecule has 0 saturated carbocycles. The Kier molecular flexibility index (Phi) is 4.91. The van der Waals surface area contributed by atoms with E-state index in [0.29, 0.717) is 0 Å². The minimum absolute atomic E-state index is 1.74. The van der Waals surface area contributed by atoms with Crippen molar-refractivity contribution in [1.82, 2.24) is 0 Å². The van der Waals surface area contributed by atoms with E-state index in [4.69, 9.17) is 5.11 Å². The summed E-state index contributed by atoms with van der Waals surface area (Å²) in [5.41, 5.74) is 0. The van der Waals surface area contributed by atoms with Crippen molar-refractivity contribution >= 4 is 0 Å². The summed E-state index contributed by atoms with van der Waals surface area (Å²) in [5, 5.41) is 7.70. The zero-order valence-corrected chi connectivity index (χ0v) is 7.23. The second-order valence-corrected chi connectivity index (χ2v) is 2.32. The minimum atomic E-state index is -5.96. The molecule has 0 atom stereocenters. The fourth-order valence-corrected chi connectivity index (χ4v) is 0.326. The van der Waals surface area contributed by atoms with Crippen LogP contribution < -0.4 is 0 Å². The van der Waals surface area contributed by atoms with E-state index in [9.17, 15) is 30.7 Å². The molecule has 0 bridgehead atoms. The van der Waals surface area contributed by atoms with Crippen molar-refractivity contribution in [1.29, 1.82) is 0 Å². The normalized spacial score (nSPS) is 14.2. The highest BCUT2D eigenvalue weighted by Crippen LogP contribution is 2.36. The van der Waals surface area contributed by atoms with Crippen LogP contribution in [0, 0.1) is 0 Å². The largest absolute Gasteiger partial charge is 0.483 e. The molecule has 11 heteroatoms. The first-order chi connectivity index (χ1) is 6.96. The van der Waals surface area contributed by atoms with E-state index >= 15 is 0 Å². The van der Waals surface area contributed by atoms with Crippen LogP contribution in [0.5, 0.6) is 0 Å². The molecule has 98 valence electrons. The first kappa shape index (κ1) is 15.3. The van der Waals surface area contributed by atoms with E-state index in [1.165, 1.54) is 0 Å². The predicted octanol–water partition coefficient (Wildman–Crippen LogP) is 1.65. The van der Waals surface area contributed by atoms with Gasteiger partial charge in [-0.25, -0.2) is 9.78 Å². The minimum Gasteiger partial charge on any atom is -0.334 e. The van der Waals surface area contributed by atoms with E-state index in [1.54, 1.807) is 0 Å². The van der Waals surface area contributed by atoms with E-state index in [-0.39, 0.29) is 0 Å². The van der Waals surface area contributed by atoms with Crippen molar-refractivity contribution in [3.8, 4) is 0 Å². The standard InChI is InChI=1S/C5H5F7O4/c6-3(7,13)1-15-16-2-14-5(11,12)4(8,9)10/h13H,1-2H2. The topological polar surface area (TPSA) is 47.9 Å². The molecule has 0 spiro atoms. The molecule has 0 fully saturated rings. The molecule has 0 saturated heterocycles. The number of alkyl halides is 7. The molecule has 0 aromatic rings. The van der Waals surface area contributed by atoms with E-state index < -0.39 is 31.8 Å². The maximum absolute atomic E-state index is 11.9. The average molecular weight is 262 g/mol. The van der Waals surface area contributed by atoms with Crippen LogP contribution in [-0.4, -0.2) is 36.9 Å². The Morgan fingerprint density at radius 3 is 1.75 bits per heavy atom. The Bertz CT molecular complexity index is 210. The van der Waals surface area contributed by atoms with Crippen LogP contribution in [0.3, 0.4) is 0 Å². The summed E-state index contributed by atoms with van der Waals surface area (Å²) in [6.07, 6.45) is -15.7. The number of halogens is 7. The molecule has 0 aliphatic rings. The summed E-state index contributed by atoms with van der Waals surface area (Å²) in [5.74, 6) is 0. The molecule has 0 aromatic heterocycles. The molecule has 0 unspecified atom stereocenters. The maximum Gasteiger partial charge on any atom is 0.483 e. The Hall–Kier alpha value is -0.650. The van der Waals surface area contributed by atoms with Crippen molar-refractivity contribution in [2.45, 2.75) is 18.4 Å². The van der Waals surface area contributed by atoms with Crippen molar-refractivity contribution in [3.05, 3.63) is 0 Å². The Labute approximate surface area is 83.4 Å². The van der Waals surface area contributed by atoms with Gasteiger partial charge in [0, 0.05) is 0 Å². The lowest BCUT2D eigenvalue weighted by molar-refractivity contribution is -0.448. The van der Waals surface area contributed by atoms with Crippen molar-refractivity contribution < 1.29 is 50.4 Å². The first-order valence-corrected chi connectivity index (χ1v) is 3.39. The lowest BCUT2D eigenvalue weighted by atomic mass is 10.6. The van der Waals surface area contributed by atoms with Crippen molar-refractivity contribution in [2.75, 3.05) is 13.4 Å². The lowest BCUT2D eigenvalue weighted by Crippen LogP contribution is -2.39. The predicted molar refractivity (Wildman–Crippen MR) is 31.2 cm³/mol. The summed E-state index contributed by atoms with van der Waals surface area (Å²) >= 11 is 0. The monoisotopic (exact) mass is 262 g/mol. The molecule has 0 amide bonds. The van der Waals surface area contributed by atoms with Crippen molar-refractivity contribution in [3.63, 3.8) is 0 Å². The van der Waals surface area contributed by atoms with Gasteiger partial charge in [-0.3, -0.25) is 4.74 Å². The van der Waals surface area contributed by atoms with Gasteiger partial charge in [-0.1, -0.05) is 0 Å². The van der Waals surface area contributed by atoms with Gasteiger partial charge in [0.15, 0.2) is 13.4 Å².